The Labute approximate surface area is 235 Å². The maximum absolute atomic E-state index is 13.3. The van der Waals surface area contributed by atoms with Crippen molar-refractivity contribution in [3.63, 3.8) is 0 Å². The lowest BCUT2D eigenvalue weighted by molar-refractivity contribution is 0.0956. The standard InChI is InChI=1S/C27H39N5O5S2/c1-6-8-15-32(16-9-7-2)39(36,37)20-12-10-19(11-13-20)24(33)28-26-23(25(34)29-27(35)30(3)4)21-14-17-31(5)18-22(21)38-26/h10-13H,6-9,14-18H2,1-5H3,(H,28,33)(H,29,34,35). The minimum absolute atomic E-state index is 0.142. The van der Waals surface area contributed by atoms with Crippen molar-refractivity contribution in [2.75, 3.05) is 46.1 Å². The number of fused-ring (bicyclic) bond motifs is 1. The van der Waals surface area contributed by atoms with Crippen LogP contribution in [0.3, 0.4) is 0 Å². The van der Waals surface area contributed by atoms with Crippen LogP contribution in [0.25, 0.3) is 0 Å². The Hall–Kier alpha value is -2.80. The zero-order valence-corrected chi connectivity index (χ0v) is 25.0. The Bertz CT molecular complexity index is 1280. The second-order valence-corrected chi connectivity index (χ2v) is 13.0. The molecule has 1 aliphatic heterocycles. The molecule has 0 aliphatic carbocycles. The van der Waals surface area contributed by atoms with E-state index in [-0.39, 0.29) is 10.5 Å². The monoisotopic (exact) mass is 577 g/mol. The zero-order chi connectivity index (χ0) is 28.7. The van der Waals surface area contributed by atoms with Crippen LogP contribution in [0.4, 0.5) is 9.80 Å². The molecule has 0 saturated heterocycles. The summed E-state index contributed by atoms with van der Waals surface area (Å²) in [7, 11) is 1.39. The Kier molecular flexibility index (Phi) is 10.6. The molecule has 2 aromatic rings. The maximum atomic E-state index is 13.3. The van der Waals surface area contributed by atoms with Crippen molar-refractivity contribution in [1.29, 1.82) is 0 Å². The van der Waals surface area contributed by atoms with E-state index < -0.39 is 27.9 Å². The molecule has 39 heavy (non-hydrogen) atoms. The van der Waals surface area contributed by atoms with Crippen molar-refractivity contribution in [2.45, 2.75) is 57.4 Å². The van der Waals surface area contributed by atoms with Crippen LogP contribution in [0.2, 0.25) is 0 Å². The second-order valence-electron chi connectivity index (χ2n) is 9.94. The van der Waals surface area contributed by atoms with Crippen molar-refractivity contribution in [3.8, 4) is 0 Å². The van der Waals surface area contributed by atoms with Crippen molar-refractivity contribution < 1.29 is 22.8 Å². The molecular weight excluding hydrogens is 538 g/mol. The lowest BCUT2D eigenvalue weighted by atomic mass is 10.0. The molecule has 12 heteroatoms. The van der Waals surface area contributed by atoms with Crippen LogP contribution in [0.5, 0.6) is 0 Å². The summed E-state index contributed by atoms with van der Waals surface area (Å²) < 4.78 is 28.0. The van der Waals surface area contributed by atoms with Gasteiger partial charge in [0.1, 0.15) is 5.00 Å². The topological polar surface area (TPSA) is 119 Å². The van der Waals surface area contributed by atoms with E-state index in [9.17, 15) is 22.8 Å². The summed E-state index contributed by atoms with van der Waals surface area (Å²) >= 11 is 1.32. The van der Waals surface area contributed by atoms with Gasteiger partial charge in [0.25, 0.3) is 11.8 Å². The molecule has 0 saturated carbocycles. The summed E-state index contributed by atoms with van der Waals surface area (Å²) in [4.78, 5) is 42.9. The molecule has 0 atom stereocenters. The van der Waals surface area contributed by atoms with E-state index in [1.165, 1.54) is 44.8 Å². The van der Waals surface area contributed by atoms with Crippen LogP contribution in [-0.2, 0) is 23.0 Å². The maximum Gasteiger partial charge on any atom is 0.323 e. The minimum Gasteiger partial charge on any atom is -0.331 e. The van der Waals surface area contributed by atoms with Gasteiger partial charge in [0, 0.05) is 50.7 Å². The molecule has 3 rings (SSSR count). The minimum atomic E-state index is -3.68. The van der Waals surface area contributed by atoms with E-state index in [4.69, 9.17) is 0 Å². The highest BCUT2D eigenvalue weighted by molar-refractivity contribution is 7.89. The van der Waals surface area contributed by atoms with Crippen LogP contribution in [0.15, 0.2) is 29.2 Å². The first-order valence-corrected chi connectivity index (χ1v) is 15.5. The van der Waals surface area contributed by atoms with Gasteiger partial charge in [-0.25, -0.2) is 13.2 Å². The smallest absolute Gasteiger partial charge is 0.323 e. The third-order valence-electron chi connectivity index (χ3n) is 6.60. The van der Waals surface area contributed by atoms with E-state index in [2.05, 4.69) is 15.5 Å². The number of carbonyl (C=O) groups excluding carboxylic acids is 3. The number of nitrogens with zero attached hydrogens (tertiary/aromatic N) is 3. The van der Waals surface area contributed by atoms with Crippen molar-refractivity contribution in [3.05, 3.63) is 45.8 Å². The number of nitrogens with one attached hydrogen (secondary N) is 2. The fraction of sp³-hybridized carbons (Fsp3) is 0.519. The van der Waals surface area contributed by atoms with Crippen LogP contribution >= 0.6 is 11.3 Å². The van der Waals surface area contributed by atoms with Crippen molar-refractivity contribution in [1.82, 2.24) is 19.4 Å². The van der Waals surface area contributed by atoms with E-state index >= 15 is 0 Å². The molecule has 0 unspecified atom stereocenters. The number of thiophene rings is 1. The highest BCUT2D eigenvalue weighted by Gasteiger charge is 2.29. The number of imide groups is 1. The predicted molar refractivity (Wildman–Crippen MR) is 154 cm³/mol. The highest BCUT2D eigenvalue weighted by atomic mass is 32.2. The van der Waals surface area contributed by atoms with Gasteiger partial charge in [0.2, 0.25) is 10.0 Å². The van der Waals surface area contributed by atoms with Gasteiger partial charge in [-0.1, -0.05) is 26.7 Å². The second kappa shape index (κ2) is 13.5. The van der Waals surface area contributed by atoms with Gasteiger partial charge < -0.3 is 15.1 Å². The molecule has 214 valence electrons. The molecule has 1 aliphatic rings. The number of urea groups is 1. The molecule has 0 spiro atoms. The van der Waals surface area contributed by atoms with Crippen LogP contribution in [0.1, 0.15) is 70.7 Å². The average Bonchev–Trinajstić information content (AvgIpc) is 3.25. The molecule has 2 N–H and O–H groups in total. The van der Waals surface area contributed by atoms with E-state index in [0.29, 0.717) is 36.6 Å². The SMILES string of the molecule is CCCCN(CCCC)S(=O)(=O)c1ccc(C(=O)Nc2sc3c(c2C(=O)NC(=O)N(C)C)CCN(C)C3)cc1. The van der Waals surface area contributed by atoms with Crippen LogP contribution in [0, 0.1) is 0 Å². The Morgan fingerprint density at radius 3 is 2.18 bits per heavy atom. The first-order valence-electron chi connectivity index (χ1n) is 13.3. The van der Waals surface area contributed by atoms with Gasteiger partial charge in [-0.05, 0) is 56.1 Å². The van der Waals surface area contributed by atoms with Crippen LogP contribution in [-0.4, -0.2) is 81.1 Å². The van der Waals surface area contributed by atoms with Crippen molar-refractivity contribution in [2.24, 2.45) is 0 Å². The summed E-state index contributed by atoms with van der Waals surface area (Å²) in [5.41, 5.74) is 1.40. The Morgan fingerprint density at radius 1 is 1.00 bits per heavy atom. The van der Waals surface area contributed by atoms with E-state index in [1.54, 1.807) is 14.1 Å². The van der Waals surface area contributed by atoms with E-state index in [1.807, 2.05) is 20.9 Å². The summed E-state index contributed by atoms with van der Waals surface area (Å²) in [6.45, 7) is 6.35. The zero-order valence-electron chi connectivity index (χ0n) is 23.4. The Morgan fingerprint density at radius 2 is 1.62 bits per heavy atom. The molecule has 1 aromatic carbocycles. The number of unbranched alkanes of at least 4 members (excludes halogenated alkanes) is 2. The number of amides is 4. The van der Waals surface area contributed by atoms with Gasteiger partial charge >= 0.3 is 6.03 Å². The van der Waals surface area contributed by atoms with Gasteiger partial charge in [0.15, 0.2) is 0 Å². The normalized spacial score (nSPS) is 13.7. The van der Waals surface area contributed by atoms with Crippen molar-refractivity contribution >= 4 is 44.2 Å². The number of rotatable bonds is 11. The third kappa shape index (κ3) is 7.44. The lowest BCUT2D eigenvalue weighted by Crippen LogP contribution is -2.39. The highest BCUT2D eigenvalue weighted by Crippen LogP contribution is 2.37. The number of sulfonamides is 1. The van der Waals surface area contributed by atoms with Gasteiger partial charge in [0.05, 0.1) is 10.5 Å². The van der Waals surface area contributed by atoms with E-state index in [0.717, 1.165) is 42.7 Å². The molecular formula is C27H39N5O5S2. The third-order valence-corrected chi connectivity index (χ3v) is 9.65. The molecule has 2 heterocycles. The molecule has 0 bridgehead atoms. The average molecular weight is 578 g/mol. The summed E-state index contributed by atoms with van der Waals surface area (Å²) in [6.07, 6.45) is 3.96. The number of anilines is 1. The fourth-order valence-electron chi connectivity index (χ4n) is 4.25. The number of benzene rings is 1. The van der Waals surface area contributed by atoms with Crippen LogP contribution < -0.4 is 10.6 Å². The van der Waals surface area contributed by atoms with Gasteiger partial charge in [-0.3, -0.25) is 14.9 Å². The molecule has 10 nitrogen and oxygen atoms in total. The predicted octanol–water partition coefficient (Wildman–Crippen LogP) is 3.99. The number of hydrogen-bond acceptors (Lipinski definition) is 7. The first-order chi connectivity index (χ1) is 18.5. The molecule has 0 fully saturated rings. The van der Waals surface area contributed by atoms with Gasteiger partial charge in [-0.2, -0.15) is 4.31 Å². The lowest BCUT2D eigenvalue weighted by Gasteiger charge is -2.22. The number of hydrogen-bond donors (Lipinski definition) is 2. The quantitative estimate of drug-likeness (QED) is 0.417. The first kappa shape index (κ1) is 30.7. The molecule has 4 amide bonds. The largest absolute Gasteiger partial charge is 0.331 e. The fourth-order valence-corrected chi connectivity index (χ4v) is 7.09. The Balaban J connectivity index is 1.85. The summed E-state index contributed by atoms with van der Waals surface area (Å²) in [6, 6.07) is 5.32. The van der Waals surface area contributed by atoms with Gasteiger partial charge in [-0.15, -0.1) is 11.3 Å². The number of likely N-dealkylation sites (N-methyl/N-ethyl adjacent to an activating group) is 1. The molecule has 1 aromatic heterocycles. The number of carbonyl (C=O) groups is 3. The molecule has 0 radical (unpaired) electrons. The summed E-state index contributed by atoms with van der Waals surface area (Å²) in [5, 5.41) is 5.58. The summed E-state index contributed by atoms with van der Waals surface area (Å²) in [5.74, 6) is -1.03.